The van der Waals surface area contributed by atoms with Gasteiger partial charge in [0, 0.05) is 16.6 Å². The Labute approximate surface area is 117 Å². The van der Waals surface area contributed by atoms with Crippen LogP contribution in [0.15, 0.2) is 18.2 Å². The third-order valence-corrected chi connectivity index (χ3v) is 4.56. The molecular weight excluding hydrogens is 288 g/mol. The highest BCUT2D eigenvalue weighted by atomic mass is 35.5. The molecule has 0 aliphatic heterocycles. The van der Waals surface area contributed by atoms with E-state index in [1.807, 2.05) is 0 Å². The maximum atomic E-state index is 11.9. The van der Waals surface area contributed by atoms with Gasteiger partial charge in [0.1, 0.15) is 0 Å². The Hall–Kier alpha value is -1.11. The van der Waals surface area contributed by atoms with Crippen LogP contribution in [0.25, 0.3) is 0 Å². The quantitative estimate of drug-likeness (QED) is 0.821. The Morgan fingerprint density at radius 1 is 1.42 bits per heavy atom. The largest absolute Gasteiger partial charge is 0.366 e. The first-order chi connectivity index (χ1) is 8.71. The van der Waals surface area contributed by atoms with Crippen LogP contribution in [-0.2, 0) is 15.6 Å². The normalized spacial score (nSPS) is 13.2. The number of rotatable bonds is 6. The van der Waals surface area contributed by atoms with Gasteiger partial charge in [0.2, 0.25) is 5.91 Å². The van der Waals surface area contributed by atoms with Crippen LogP contribution in [-0.4, -0.2) is 26.1 Å². The van der Waals surface area contributed by atoms with Crippen LogP contribution in [0.4, 0.5) is 0 Å². The number of hydrogen-bond acceptors (Lipinski definition) is 4. The van der Waals surface area contributed by atoms with Crippen LogP contribution >= 0.6 is 11.6 Å². The van der Waals surface area contributed by atoms with Crippen molar-refractivity contribution in [1.29, 1.82) is 0 Å². The van der Waals surface area contributed by atoms with Crippen LogP contribution < -0.4 is 11.5 Å². The van der Waals surface area contributed by atoms with Gasteiger partial charge in [-0.3, -0.25) is 4.79 Å². The van der Waals surface area contributed by atoms with Crippen LogP contribution in [0, 0.1) is 0 Å². The average molecular weight is 305 g/mol. The molecule has 4 N–H and O–H groups in total. The van der Waals surface area contributed by atoms with E-state index in [-0.39, 0.29) is 28.1 Å². The second-order valence-electron chi connectivity index (χ2n) is 4.53. The molecule has 0 aliphatic rings. The molecule has 1 unspecified atom stereocenters. The minimum atomic E-state index is -3.27. The van der Waals surface area contributed by atoms with E-state index in [1.165, 1.54) is 18.2 Å². The molecule has 0 saturated heterocycles. The molecule has 1 aromatic rings. The number of carbonyl (C=O) groups is 1. The molecule has 0 saturated carbocycles. The summed E-state index contributed by atoms with van der Waals surface area (Å²) in [6.07, 6.45) is 0.402. The lowest BCUT2D eigenvalue weighted by atomic mass is 10.1. The Kier molecular flexibility index (Phi) is 5.34. The Morgan fingerprint density at radius 3 is 2.53 bits per heavy atom. The van der Waals surface area contributed by atoms with Gasteiger partial charge in [0.05, 0.1) is 11.5 Å². The monoisotopic (exact) mass is 304 g/mol. The van der Waals surface area contributed by atoms with E-state index >= 15 is 0 Å². The molecule has 19 heavy (non-hydrogen) atoms. The zero-order chi connectivity index (χ0) is 14.6. The number of amides is 1. The highest BCUT2D eigenvalue weighted by Gasteiger charge is 2.15. The molecule has 0 spiro atoms. The van der Waals surface area contributed by atoms with Gasteiger partial charge in [-0.15, -0.1) is 0 Å². The minimum absolute atomic E-state index is 0.0125. The summed E-state index contributed by atoms with van der Waals surface area (Å²) >= 11 is 5.95. The van der Waals surface area contributed by atoms with Crippen LogP contribution in [0.1, 0.15) is 29.3 Å². The summed E-state index contributed by atoms with van der Waals surface area (Å²) in [4.78, 5) is 11.0. The van der Waals surface area contributed by atoms with E-state index in [0.29, 0.717) is 12.0 Å². The summed E-state index contributed by atoms with van der Waals surface area (Å²) in [7, 11) is -3.27. The number of nitrogens with two attached hydrogens (primary N) is 2. The second-order valence-corrected chi connectivity index (χ2v) is 7.12. The number of halogens is 1. The van der Waals surface area contributed by atoms with E-state index in [2.05, 4.69) is 0 Å². The predicted octanol–water partition coefficient (Wildman–Crippen LogP) is 1.09. The van der Waals surface area contributed by atoms with E-state index in [1.54, 1.807) is 6.92 Å². The van der Waals surface area contributed by atoms with Gasteiger partial charge < -0.3 is 11.5 Å². The molecule has 1 amide bonds. The van der Waals surface area contributed by atoms with Gasteiger partial charge in [-0.2, -0.15) is 0 Å². The van der Waals surface area contributed by atoms with Gasteiger partial charge >= 0.3 is 0 Å². The molecule has 0 heterocycles. The SMILES string of the molecule is CC(N)CCS(=O)(=O)Cc1ccc(C(N)=O)cc1Cl. The fourth-order valence-electron chi connectivity index (χ4n) is 1.49. The van der Waals surface area contributed by atoms with E-state index in [0.717, 1.165) is 0 Å². The van der Waals surface area contributed by atoms with Crippen molar-refractivity contribution in [2.45, 2.75) is 25.1 Å². The van der Waals surface area contributed by atoms with E-state index < -0.39 is 15.7 Å². The van der Waals surface area contributed by atoms with Gasteiger partial charge in [-0.25, -0.2) is 8.42 Å². The lowest BCUT2D eigenvalue weighted by Crippen LogP contribution is -2.21. The molecule has 0 aliphatic carbocycles. The number of carbonyl (C=O) groups excluding carboxylic acids is 1. The van der Waals surface area contributed by atoms with Gasteiger partial charge in [0.15, 0.2) is 9.84 Å². The van der Waals surface area contributed by atoms with Crippen LogP contribution in [0.3, 0.4) is 0 Å². The molecule has 5 nitrogen and oxygen atoms in total. The van der Waals surface area contributed by atoms with Crippen molar-refractivity contribution in [3.8, 4) is 0 Å². The molecule has 1 atom stereocenters. The fraction of sp³-hybridized carbons (Fsp3) is 0.417. The van der Waals surface area contributed by atoms with Crippen molar-refractivity contribution in [3.63, 3.8) is 0 Å². The summed E-state index contributed by atoms with van der Waals surface area (Å²) in [6.45, 7) is 1.75. The van der Waals surface area contributed by atoms with Gasteiger partial charge in [0.25, 0.3) is 0 Å². The Balaban J connectivity index is 2.85. The summed E-state index contributed by atoms with van der Waals surface area (Å²) in [5.41, 5.74) is 11.4. The third kappa shape index (κ3) is 5.18. The summed E-state index contributed by atoms with van der Waals surface area (Å²) in [6, 6.07) is 4.18. The number of sulfone groups is 1. The number of benzene rings is 1. The molecule has 1 aromatic carbocycles. The van der Waals surface area contributed by atoms with Crippen LogP contribution in [0.5, 0.6) is 0 Å². The smallest absolute Gasteiger partial charge is 0.248 e. The van der Waals surface area contributed by atoms with Crippen molar-refractivity contribution >= 4 is 27.3 Å². The van der Waals surface area contributed by atoms with Crippen LogP contribution in [0.2, 0.25) is 5.02 Å². The lowest BCUT2D eigenvalue weighted by molar-refractivity contribution is 0.100. The molecule has 0 aromatic heterocycles. The number of primary amides is 1. The second kappa shape index (κ2) is 6.36. The van der Waals surface area contributed by atoms with E-state index in [4.69, 9.17) is 23.1 Å². The maximum absolute atomic E-state index is 11.9. The summed E-state index contributed by atoms with van der Waals surface area (Å²) < 4.78 is 23.7. The third-order valence-electron chi connectivity index (χ3n) is 2.60. The highest BCUT2D eigenvalue weighted by molar-refractivity contribution is 7.90. The molecule has 0 radical (unpaired) electrons. The zero-order valence-electron chi connectivity index (χ0n) is 10.6. The Morgan fingerprint density at radius 2 is 2.05 bits per heavy atom. The molecule has 106 valence electrons. The summed E-state index contributed by atoms with van der Waals surface area (Å²) in [5.74, 6) is -0.760. The van der Waals surface area contributed by atoms with Crippen molar-refractivity contribution in [1.82, 2.24) is 0 Å². The first-order valence-corrected chi connectivity index (χ1v) is 7.95. The van der Waals surface area contributed by atoms with Crippen molar-refractivity contribution in [3.05, 3.63) is 34.3 Å². The number of hydrogen-bond donors (Lipinski definition) is 2. The lowest BCUT2D eigenvalue weighted by Gasteiger charge is -2.08. The maximum Gasteiger partial charge on any atom is 0.248 e. The summed E-state index contributed by atoms with van der Waals surface area (Å²) in [5, 5.41) is 0.223. The highest BCUT2D eigenvalue weighted by Crippen LogP contribution is 2.20. The molecule has 0 bridgehead atoms. The molecule has 0 fully saturated rings. The average Bonchev–Trinajstić information content (AvgIpc) is 2.29. The topological polar surface area (TPSA) is 103 Å². The Bertz CT molecular complexity index is 570. The van der Waals surface area contributed by atoms with Gasteiger partial charge in [-0.1, -0.05) is 17.7 Å². The molecular formula is C12H17ClN2O3S. The van der Waals surface area contributed by atoms with Crippen molar-refractivity contribution in [2.75, 3.05) is 5.75 Å². The standard InChI is InChI=1S/C12H17ClN2O3S/c1-8(14)4-5-19(17,18)7-10-3-2-9(12(15)16)6-11(10)13/h2-3,6,8H,4-5,7,14H2,1H3,(H2,15,16). The predicted molar refractivity (Wildman–Crippen MR) is 75.7 cm³/mol. The minimum Gasteiger partial charge on any atom is -0.366 e. The van der Waals surface area contributed by atoms with Gasteiger partial charge in [-0.05, 0) is 31.0 Å². The molecule has 1 rings (SSSR count). The molecule has 7 heteroatoms. The zero-order valence-corrected chi connectivity index (χ0v) is 12.2. The first kappa shape index (κ1) is 15.9. The fourth-order valence-corrected chi connectivity index (χ4v) is 3.42. The van der Waals surface area contributed by atoms with Crippen molar-refractivity contribution < 1.29 is 13.2 Å². The van der Waals surface area contributed by atoms with E-state index in [9.17, 15) is 13.2 Å². The van der Waals surface area contributed by atoms with Crippen molar-refractivity contribution in [2.24, 2.45) is 11.5 Å². The first-order valence-electron chi connectivity index (χ1n) is 5.75.